The summed E-state index contributed by atoms with van der Waals surface area (Å²) in [4.78, 5) is 11.6. The zero-order valence-electron chi connectivity index (χ0n) is 20.2. The smallest absolute Gasteiger partial charge is 0.225 e. The molecule has 3 aromatic rings. The quantitative estimate of drug-likeness (QED) is 0.437. The van der Waals surface area contributed by atoms with Crippen LogP contribution in [-0.4, -0.2) is 50.8 Å². The average Bonchev–Trinajstić information content (AvgIpc) is 2.85. The van der Waals surface area contributed by atoms with E-state index < -0.39 is 0 Å². The SMILES string of the molecule is COc1ccccc1CCNCC1CCC(CNc2nc(N(C)C)c3ccccc3n2)CC1. The van der Waals surface area contributed by atoms with Gasteiger partial charge in [0.15, 0.2) is 0 Å². The largest absolute Gasteiger partial charge is 0.496 e. The molecule has 1 aliphatic carbocycles. The van der Waals surface area contributed by atoms with Gasteiger partial charge >= 0.3 is 0 Å². The molecule has 0 radical (unpaired) electrons. The number of hydrogen-bond acceptors (Lipinski definition) is 6. The Morgan fingerprint density at radius 3 is 2.36 bits per heavy atom. The maximum Gasteiger partial charge on any atom is 0.225 e. The van der Waals surface area contributed by atoms with Gasteiger partial charge in [-0.3, -0.25) is 0 Å². The average molecular weight is 448 g/mol. The molecule has 6 nitrogen and oxygen atoms in total. The summed E-state index contributed by atoms with van der Waals surface area (Å²) < 4.78 is 5.45. The Labute approximate surface area is 197 Å². The van der Waals surface area contributed by atoms with Crippen LogP contribution in [0.1, 0.15) is 31.2 Å². The first-order chi connectivity index (χ1) is 16.1. The molecule has 1 heterocycles. The highest BCUT2D eigenvalue weighted by Crippen LogP contribution is 2.29. The van der Waals surface area contributed by atoms with Crippen LogP contribution >= 0.6 is 0 Å². The molecule has 0 spiro atoms. The van der Waals surface area contributed by atoms with Crippen LogP contribution in [-0.2, 0) is 6.42 Å². The number of methoxy groups -OCH3 is 1. The molecule has 33 heavy (non-hydrogen) atoms. The van der Waals surface area contributed by atoms with Crippen molar-refractivity contribution in [1.82, 2.24) is 15.3 Å². The van der Waals surface area contributed by atoms with E-state index >= 15 is 0 Å². The van der Waals surface area contributed by atoms with Crippen LogP contribution in [0.3, 0.4) is 0 Å². The second-order valence-electron chi connectivity index (χ2n) is 9.32. The standard InChI is InChI=1S/C27H37N5O/c1-32(2)26-23-9-5-6-10-24(23)30-27(31-26)29-19-21-14-12-20(13-15-21)18-28-17-16-22-8-4-7-11-25(22)33-3/h4-11,20-21,28H,12-19H2,1-3H3,(H,29,30,31). The monoisotopic (exact) mass is 447 g/mol. The fourth-order valence-electron chi connectivity index (χ4n) is 4.79. The molecule has 0 saturated heterocycles. The van der Waals surface area contributed by atoms with Gasteiger partial charge in [-0.2, -0.15) is 4.98 Å². The molecular formula is C27H37N5O. The van der Waals surface area contributed by atoms with Gasteiger partial charge in [-0.05, 0) is 80.8 Å². The van der Waals surface area contributed by atoms with E-state index in [0.29, 0.717) is 5.92 Å². The maximum atomic E-state index is 5.45. The molecular weight excluding hydrogens is 410 g/mol. The number of para-hydroxylation sites is 2. The Kier molecular flexibility index (Phi) is 8.00. The van der Waals surface area contributed by atoms with Crippen molar-refractivity contribution in [3.8, 4) is 5.75 Å². The summed E-state index contributed by atoms with van der Waals surface area (Å²) in [7, 11) is 5.81. The van der Waals surface area contributed by atoms with E-state index in [1.165, 1.54) is 31.2 Å². The Balaban J connectivity index is 1.20. The summed E-state index contributed by atoms with van der Waals surface area (Å²) in [6.07, 6.45) is 6.11. The van der Waals surface area contributed by atoms with Crippen molar-refractivity contribution in [2.24, 2.45) is 11.8 Å². The van der Waals surface area contributed by atoms with Crippen molar-refractivity contribution in [3.05, 3.63) is 54.1 Å². The number of aromatic nitrogens is 2. The van der Waals surface area contributed by atoms with Crippen LogP contribution in [0, 0.1) is 11.8 Å². The maximum absolute atomic E-state index is 5.45. The summed E-state index contributed by atoms with van der Waals surface area (Å²) in [5, 5.41) is 8.28. The Morgan fingerprint density at radius 2 is 1.61 bits per heavy atom. The van der Waals surface area contributed by atoms with E-state index in [2.05, 4.69) is 39.8 Å². The van der Waals surface area contributed by atoms with E-state index in [0.717, 1.165) is 60.4 Å². The highest BCUT2D eigenvalue weighted by atomic mass is 16.5. The van der Waals surface area contributed by atoms with Gasteiger partial charge in [0.25, 0.3) is 0 Å². The minimum atomic E-state index is 0.688. The zero-order chi connectivity index (χ0) is 23.0. The third kappa shape index (κ3) is 6.14. The topological polar surface area (TPSA) is 62.3 Å². The van der Waals surface area contributed by atoms with Crippen LogP contribution < -0.4 is 20.3 Å². The molecule has 176 valence electrons. The fourth-order valence-corrected chi connectivity index (χ4v) is 4.79. The molecule has 0 unspecified atom stereocenters. The minimum Gasteiger partial charge on any atom is -0.496 e. The number of rotatable bonds is 10. The van der Waals surface area contributed by atoms with Gasteiger partial charge in [-0.1, -0.05) is 30.3 Å². The van der Waals surface area contributed by atoms with Crippen molar-refractivity contribution in [1.29, 1.82) is 0 Å². The summed E-state index contributed by atoms with van der Waals surface area (Å²) in [5.41, 5.74) is 2.26. The summed E-state index contributed by atoms with van der Waals surface area (Å²) in [6, 6.07) is 16.5. The molecule has 0 amide bonds. The van der Waals surface area contributed by atoms with Gasteiger partial charge in [-0.15, -0.1) is 0 Å². The van der Waals surface area contributed by atoms with Crippen LogP contribution in [0.5, 0.6) is 5.75 Å². The lowest BCUT2D eigenvalue weighted by Crippen LogP contribution is -2.29. The number of fused-ring (bicyclic) bond motifs is 1. The van der Waals surface area contributed by atoms with Crippen LogP contribution in [0.15, 0.2) is 48.5 Å². The molecule has 2 aromatic carbocycles. The molecule has 4 rings (SSSR count). The van der Waals surface area contributed by atoms with E-state index in [1.54, 1.807) is 7.11 Å². The minimum absolute atomic E-state index is 0.688. The first-order valence-electron chi connectivity index (χ1n) is 12.1. The molecule has 0 aliphatic heterocycles. The van der Waals surface area contributed by atoms with Gasteiger partial charge in [0, 0.05) is 26.0 Å². The first-order valence-corrected chi connectivity index (χ1v) is 12.1. The third-order valence-corrected chi connectivity index (χ3v) is 6.72. The molecule has 1 saturated carbocycles. The van der Waals surface area contributed by atoms with Gasteiger partial charge in [-0.25, -0.2) is 4.98 Å². The van der Waals surface area contributed by atoms with E-state index in [9.17, 15) is 0 Å². The van der Waals surface area contributed by atoms with Gasteiger partial charge < -0.3 is 20.3 Å². The Bertz CT molecular complexity index is 1030. The lowest BCUT2D eigenvalue weighted by molar-refractivity contribution is 0.276. The number of nitrogens with one attached hydrogen (secondary N) is 2. The van der Waals surface area contributed by atoms with Crippen molar-refractivity contribution in [3.63, 3.8) is 0 Å². The van der Waals surface area contributed by atoms with Crippen molar-refractivity contribution >= 4 is 22.7 Å². The predicted octanol–water partition coefficient (Wildman–Crippen LogP) is 4.76. The number of benzene rings is 2. The summed E-state index contributed by atoms with van der Waals surface area (Å²) >= 11 is 0. The van der Waals surface area contributed by atoms with E-state index in [1.807, 2.05) is 38.4 Å². The number of ether oxygens (including phenoxy) is 1. The van der Waals surface area contributed by atoms with Gasteiger partial charge in [0.2, 0.25) is 5.95 Å². The van der Waals surface area contributed by atoms with Crippen LogP contribution in [0.4, 0.5) is 11.8 Å². The number of nitrogens with zero attached hydrogens (tertiary/aromatic N) is 3. The van der Waals surface area contributed by atoms with Crippen molar-refractivity contribution < 1.29 is 4.74 Å². The zero-order valence-corrected chi connectivity index (χ0v) is 20.2. The molecule has 1 fully saturated rings. The van der Waals surface area contributed by atoms with E-state index in [-0.39, 0.29) is 0 Å². The number of hydrogen-bond donors (Lipinski definition) is 2. The second-order valence-corrected chi connectivity index (χ2v) is 9.32. The lowest BCUT2D eigenvalue weighted by atomic mass is 9.82. The Hall–Kier alpha value is -2.86. The molecule has 0 bridgehead atoms. The summed E-state index contributed by atoms with van der Waals surface area (Å²) in [6.45, 7) is 3.05. The first kappa shape index (κ1) is 23.3. The van der Waals surface area contributed by atoms with Crippen molar-refractivity contribution in [2.45, 2.75) is 32.1 Å². The summed E-state index contributed by atoms with van der Waals surface area (Å²) in [5.74, 6) is 4.15. The lowest BCUT2D eigenvalue weighted by Gasteiger charge is -2.29. The molecule has 1 aromatic heterocycles. The van der Waals surface area contributed by atoms with Crippen molar-refractivity contribution in [2.75, 3.05) is 51.1 Å². The van der Waals surface area contributed by atoms with Crippen LogP contribution in [0.2, 0.25) is 0 Å². The van der Waals surface area contributed by atoms with E-state index in [4.69, 9.17) is 14.7 Å². The normalized spacial score (nSPS) is 18.3. The molecule has 6 heteroatoms. The van der Waals surface area contributed by atoms with Gasteiger partial charge in [0.1, 0.15) is 11.6 Å². The fraction of sp³-hybridized carbons (Fsp3) is 0.481. The Morgan fingerprint density at radius 1 is 0.909 bits per heavy atom. The predicted molar refractivity (Wildman–Crippen MR) is 137 cm³/mol. The highest BCUT2D eigenvalue weighted by molar-refractivity contribution is 5.90. The molecule has 2 N–H and O–H groups in total. The second kappa shape index (κ2) is 11.3. The highest BCUT2D eigenvalue weighted by Gasteiger charge is 2.21. The third-order valence-electron chi connectivity index (χ3n) is 6.72. The van der Waals surface area contributed by atoms with Crippen LogP contribution in [0.25, 0.3) is 10.9 Å². The molecule has 1 aliphatic rings. The number of anilines is 2. The van der Waals surface area contributed by atoms with Gasteiger partial charge in [0.05, 0.1) is 12.6 Å². The molecule has 0 atom stereocenters.